The quantitative estimate of drug-likeness (QED) is 0.787. The number of nitrogens with zero attached hydrogens (tertiary/aromatic N) is 1. The fraction of sp³-hybridized carbons (Fsp3) is 0.385. The largest absolute Gasteiger partial charge is 0.394 e. The van der Waals surface area contributed by atoms with E-state index in [2.05, 4.69) is 5.32 Å². The Morgan fingerprint density at radius 1 is 1.33 bits per heavy atom. The number of carbonyl (C=O) groups is 2. The number of amides is 2. The van der Waals surface area contributed by atoms with Crippen LogP contribution in [0.25, 0.3) is 0 Å². The number of benzene rings is 1. The van der Waals surface area contributed by atoms with Crippen molar-refractivity contribution >= 4 is 11.8 Å². The summed E-state index contributed by atoms with van der Waals surface area (Å²) in [5, 5.41) is 11.4. The number of hydrogen-bond acceptors (Lipinski definition) is 3. The summed E-state index contributed by atoms with van der Waals surface area (Å²) >= 11 is 0. The van der Waals surface area contributed by atoms with Gasteiger partial charge in [-0.15, -0.1) is 0 Å². The maximum Gasteiger partial charge on any atom is 0.254 e. The highest BCUT2D eigenvalue weighted by Gasteiger charge is 2.15. The molecule has 0 heterocycles. The van der Waals surface area contributed by atoms with Crippen molar-refractivity contribution in [1.82, 2.24) is 10.2 Å². The lowest BCUT2D eigenvalue weighted by Gasteiger charge is -2.18. The van der Waals surface area contributed by atoms with Gasteiger partial charge in [-0.2, -0.15) is 0 Å². The SMILES string of the molecule is C[C@H](CO)NC(=O)CN(C)C(=O)c1ccccc1. The van der Waals surface area contributed by atoms with E-state index in [1.807, 2.05) is 6.07 Å². The lowest BCUT2D eigenvalue weighted by molar-refractivity contribution is -0.122. The first kappa shape index (κ1) is 14.2. The molecular weight excluding hydrogens is 232 g/mol. The maximum absolute atomic E-state index is 11.9. The highest BCUT2D eigenvalue weighted by molar-refractivity contribution is 5.96. The van der Waals surface area contributed by atoms with Gasteiger partial charge in [-0.25, -0.2) is 0 Å². The summed E-state index contributed by atoms with van der Waals surface area (Å²) in [5.41, 5.74) is 0.544. The van der Waals surface area contributed by atoms with Gasteiger partial charge >= 0.3 is 0 Å². The van der Waals surface area contributed by atoms with E-state index < -0.39 is 0 Å². The van der Waals surface area contributed by atoms with Crippen LogP contribution < -0.4 is 5.32 Å². The lowest BCUT2D eigenvalue weighted by Crippen LogP contribution is -2.42. The molecule has 1 atom stereocenters. The van der Waals surface area contributed by atoms with Crippen molar-refractivity contribution in [2.45, 2.75) is 13.0 Å². The van der Waals surface area contributed by atoms with Gasteiger partial charge < -0.3 is 15.3 Å². The van der Waals surface area contributed by atoms with E-state index in [1.165, 1.54) is 4.90 Å². The Labute approximate surface area is 106 Å². The van der Waals surface area contributed by atoms with Crippen molar-refractivity contribution in [3.63, 3.8) is 0 Å². The number of rotatable bonds is 5. The van der Waals surface area contributed by atoms with Gasteiger partial charge in [-0.1, -0.05) is 18.2 Å². The summed E-state index contributed by atoms with van der Waals surface area (Å²) < 4.78 is 0. The third-order valence-electron chi connectivity index (χ3n) is 2.43. The van der Waals surface area contributed by atoms with E-state index in [1.54, 1.807) is 38.2 Å². The average Bonchev–Trinajstić information content (AvgIpc) is 2.38. The summed E-state index contributed by atoms with van der Waals surface area (Å²) in [6, 6.07) is 8.47. The summed E-state index contributed by atoms with van der Waals surface area (Å²) in [5.74, 6) is -0.495. The normalized spacial score (nSPS) is 11.7. The molecular formula is C13H18N2O3. The van der Waals surface area contributed by atoms with Gasteiger partial charge in [0.25, 0.3) is 5.91 Å². The van der Waals surface area contributed by atoms with Gasteiger partial charge in [0.05, 0.1) is 13.2 Å². The molecule has 5 nitrogen and oxygen atoms in total. The second-order valence-electron chi connectivity index (χ2n) is 4.18. The number of likely N-dealkylation sites (N-methyl/N-ethyl adjacent to an activating group) is 1. The van der Waals surface area contributed by atoms with E-state index in [0.717, 1.165) is 0 Å². The molecule has 1 aromatic carbocycles. The molecule has 0 aromatic heterocycles. The summed E-state index contributed by atoms with van der Waals surface area (Å²) in [6.45, 7) is 1.54. The molecule has 0 bridgehead atoms. The second kappa shape index (κ2) is 6.76. The van der Waals surface area contributed by atoms with Crippen LogP contribution in [0.5, 0.6) is 0 Å². The number of carbonyl (C=O) groups excluding carboxylic acids is 2. The van der Waals surface area contributed by atoms with Crippen molar-refractivity contribution in [2.75, 3.05) is 20.2 Å². The van der Waals surface area contributed by atoms with Crippen LogP contribution in [0.2, 0.25) is 0 Å². The Hall–Kier alpha value is -1.88. The maximum atomic E-state index is 11.9. The predicted molar refractivity (Wildman–Crippen MR) is 68.1 cm³/mol. The van der Waals surface area contributed by atoms with E-state index in [0.29, 0.717) is 5.56 Å². The standard InChI is InChI=1S/C13H18N2O3/c1-10(9-16)14-12(17)8-15(2)13(18)11-6-4-3-5-7-11/h3-7,10,16H,8-9H2,1-2H3,(H,14,17)/t10-/m1/s1. The van der Waals surface area contributed by atoms with Crippen molar-refractivity contribution in [3.8, 4) is 0 Å². The Bertz CT molecular complexity index is 406. The second-order valence-corrected chi connectivity index (χ2v) is 4.18. The zero-order valence-corrected chi connectivity index (χ0v) is 10.6. The molecule has 1 aromatic rings. The highest BCUT2D eigenvalue weighted by Crippen LogP contribution is 2.02. The molecule has 0 saturated carbocycles. The molecule has 18 heavy (non-hydrogen) atoms. The zero-order valence-electron chi connectivity index (χ0n) is 10.6. The third-order valence-corrected chi connectivity index (χ3v) is 2.43. The molecule has 98 valence electrons. The summed E-state index contributed by atoms with van der Waals surface area (Å²) in [6.07, 6.45) is 0. The van der Waals surface area contributed by atoms with Gasteiger partial charge in [0.2, 0.25) is 5.91 Å². The van der Waals surface area contributed by atoms with Crippen LogP contribution in [0.3, 0.4) is 0 Å². The molecule has 0 unspecified atom stereocenters. The number of hydrogen-bond donors (Lipinski definition) is 2. The van der Waals surface area contributed by atoms with Crippen molar-refractivity contribution in [1.29, 1.82) is 0 Å². The molecule has 0 fully saturated rings. The van der Waals surface area contributed by atoms with Gasteiger partial charge in [0, 0.05) is 18.7 Å². The van der Waals surface area contributed by atoms with Crippen LogP contribution in [0, 0.1) is 0 Å². The molecule has 0 saturated heterocycles. The highest BCUT2D eigenvalue weighted by atomic mass is 16.3. The fourth-order valence-corrected chi connectivity index (χ4v) is 1.45. The molecule has 0 aliphatic carbocycles. The zero-order chi connectivity index (χ0) is 13.5. The van der Waals surface area contributed by atoms with E-state index in [9.17, 15) is 9.59 Å². The minimum atomic E-state index is -0.308. The van der Waals surface area contributed by atoms with Gasteiger partial charge in [-0.3, -0.25) is 9.59 Å². The van der Waals surface area contributed by atoms with Crippen LogP contribution in [-0.4, -0.2) is 48.1 Å². The Morgan fingerprint density at radius 2 is 1.94 bits per heavy atom. The first-order valence-electron chi connectivity index (χ1n) is 5.75. The minimum absolute atomic E-state index is 0.0297. The van der Waals surface area contributed by atoms with Gasteiger partial charge in [-0.05, 0) is 19.1 Å². The van der Waals surface area contributed by atoms with E-state index in [4.69, 9.17) is 5.11 Å². The Morgan fingerprint density at radius 3 is 2.50 bits per heavy atom. The van der Waals surface area contributed by atoms with Crippen molar-refractivity contribution < 1.29 is 14.7 Å². The molecule has 0 radical (unpaired) electrons. The summed E-state index contributed by atoms with van der Waals surface area (Å²) in [4.78, 5) is 24.8. The molecule has 2 N–H and O–H groups in total. The molecule has 2 amide bonds. The third kappa shape index (κ3) is 4.18. The summed E-state index contributed by atoms with van der Waals surface area (Å²) in [7, 11) is 1.57. The van der Waals surface area contributed by atoms with Crippen molar-refractivity contribution in [2.24, 2.45) is 0 Å². The first-order valence-corrected chi connectivity index (χ1v) is 5.75. The lowest BCUT2D eigenvalue weighted by atomic mass is 10.2. The van der Waals surface area contributed by atoms with Crippen LogP contribution in [0.4, 0.5) is 0 Å². The van der Waals surface area contributed by atoms with Crippen LogP contribution >= 0.6 is 0 Å². The van der Waals surface area contributed by atoms with Crippen molar-refractivity contribution in [3.05, 3.63) is 35.9 Å². The topological polar surface area (TPSA) is 69.6 Å². The Kier molecular flexibility index (Phi) is 5.32. The first-order chi connectivity index (χ1) is 8.54. The van der Waals surface area contributed by atoms with Crippen LogP contribution in [-0.2, 0) is 4.79 Å². The smallest absolute Gasteiger partial charge is 0.254 e. The Balaban J connectivity index is 2.53. The van der Waals surface area contributed by atoms with Crippen LogP contribution in [0.15, 0.2) is 30.3 Å². The molecule has 0 aliphatic rings. The number of aliphatic hydroxyl groups excluding tert-OH is 1. The molecule has 0 aliphatic heterocycles. The molecule has 1 rings (SSSR count). The van der Waals surface area contributed by atoms with Crippen LogP contribution in [0.1, 0.15) is 17.3 Å². The molecule has 0 spiro atoms. The monoisotopic (exact) mass is 250 g/mol. The molecule has 5 heteroatoms. The fourth-order valence-electron chi connectivity index (χ4n) is 1.45. The predicted octanol–water partition coefficient (Wildman–Crippen LogP) is 0.256. The van der Waals surface area contributed by atoms with Gasteiger partial charge in [0.15, 0.2) is 0 Å². The number of nitrogens with one attached hydrogen (secondary N) is 1. The average molecular weight is 250 g/mol. The van der Waals surface area contributed by atoms with Gasteiger partial charge in [0.1, 0.15) is 0 Å². The number of aliphatic hydroxyl groups is 1. The minimum Gasteiger partial charge on any atom is -0.394 e. The van der Waals surface area contributed by atoms with E-state index >= 15 is 0 Å². The van der Waals surface area contributed by atoms with E-state index in [-0.39, 0.29) is 31.0 Å².